The molecule has 0 radical (unpaired) electrons. The zero-order valence-electron chi connectivity index (χ0n) is 10.2. The molecule has 0 aliphatic carbocycles. The summed E-state index contributed by atoms with van der Waals surface area (Å²) >= 11 is 1.55. The van der Waals surface area contributed by atoms with E-state index in [4.69, 9.17) is 0 Å². The van der Waals surface area contributed by atoms with Crippen LogP contribution in [0.4, 0.5) is 0 Å². The quantitative estimate of drug-likeness (QED) is 0.791. The normalized spacial score (nSPS) is 11.8. The molecule has 0 aliphatic heterocycles. The van der Waals surface area contributed by atoms with Crippen molar-refractivity contribution >= 4 is 32.5 Å². The molecule has 1 aromatic carbocycles. The number of para-hydroxylation sites is 1. The zero-order chi connectivity index (χ0) is 13.0. The van der Waals surface area contributed by atoms with Crippen molar-refractivity contribution in [2.45, 2.75) is 11.8 Å². The molecule has 1 heterocycles. The molecule has 0 saturated carbocycles. The maximum absolute atomic E-state index is 11.4. The van der Waals surface area contributed by atoms with Crippen LogP contribution in [0.3, 0.4) is 0 Å². The van der Waals surface area contributed by atoms with Gasteiger partial charge in [0.1, 0.15) is 0 Å². The average molecular weight is 281 g/mol. The van der Waals surface area contributed by atoms with Crippen LogP contribution in [0, 0.1) is 0 Å². The van der Waals surface area contributed by atoms with Gasteiger partial charge < -0.3 is 0 Å². The fourth-order valence-electron chi connectivity index (χ4n) is 1.62. The van der Waals surface area contributed by atoms with Crippen molar-refractivity contribution in [2.75, 3.05) is 17.3 Å². The Labute approximate surface area is 112 Å². The van der Waals surface area contributed by atoms with Gasteiger partial charge in [-0.15, -0.1) is 11.8 Å². The predicted octanol–water partition coefficient (Wildman–Crippen LogP) is 2.76. The fraction of sp³-hybridized carbons (Fsp3) is 0.308. The first kappa shape index (κ1) is 13.4. The van der Waals surface area contributed by atoms with Gasteiger partial charge in [0.2, 0.25) is 0 Å². The standard InChI is InChI=1S/C13H15NO2S2/c1-2-18(15,16)10-9-17-12-7-3-5-11-6-4-8-14-13(11)12/h3-8H,2,9-10H2,1H3. The van der Waals surface area contributed by atoms with Crippen molar-refractivity contribution in [1.29, 1.82) is 0 Å². The minimum Gasteiger partial charge on any atom is -0.255 e. The maximum atomic E-state index is 11.4. The van der Waals surface area contributed by atoms with Crippen LogP contribution in [-0.4, -0.2) is 30.7 Å². The molecule has 0 spiro atoms. The molecular formula is C13H15NO2S2. The van der Waals surface area contributed by atoms with Crippen LogP contribution < -0.4 is 0 Å². The summed E-state index contributed by atoms with van der Waals surface area (Å²) in [5, 5.41) is 1.08. The lowest BCUT2D eigenvalue weighted by atomic mass is 10.2. The SMILES string of the molecule is CCS(=O)(=O)CCSc1cccc2cccnc12. The molecule has 5 heteroatoms. The molecule has 0 atom stereocenters. The molecule has 0 aliphatic rings. The van der Waals surface area contributed by atoms with Gasteiger partial charge in [-0.05, 0) is 12.1 Å². The Balaban J connectivity index is 2.13. The monoisotopic (exact) mass is 281 g/mol. The molecule has 96 valence electrons. The van der Waals surface area contributed by atoms with Gasteiger partial charge in [0, 0.05) is 28.0 Å². The van der Waals surface area contributed by atoms with E-state index in [1.54, 1.807) is 24.9 Å². The van der Waals surface area contributed by atoms with Crippen LogP contribution in [0.25, 0.3) is 10.9 Å². The van der Waals surface area contributed by atoms with E-state index in [9.17, 15) is 8.42 Å². The summed E-state index contributed by atoms with van der Waals surface area (Å²) in [6.45, 7) is 1.68. The smallest absolute Gasteiger partial charge is 0.150 e. The third kappa shape index (κ3) is 3.23. The molecule has 2 aromatic rings. The highest BCUT2D eigenvalue weighted by molar-refractivity contribution is 8.00. The van der Waals surface area contributed by atoms with Gasteiger partial charge in [0.25, 0.3) is 0 Å². The molecule has 0 saturated heterocycles. The first-order valence-electron chi connectivity index (χ1n) is 5.79. The molecule has 0 unspecified atom stereocenters. The minimum atomic E-state index is -2.88. The number of pyridine rings is 1. The van der Waals surface area contributed by atoms with Crippen molar-refractivity contribution < 1.29 is 8.42 Å². The van der Waals surface area contributed by atoms with Gasteiger partial charge in [-0.25, -0.2) is 8.42 Å². The number of fused-ring (bicyclic) bond motifs is 1. The van der Waals surface area contributed by atoms with Gasteiger partial charge in [0.15, 0.2) is 9.84 Å². The van der Waals surface area contributed by atoms with E-state index in [0.717, 1.165) is 15.8 Å². The summed E-state index contributed by atoms with van der Waals surface area (Å²) in [4.78, 5) is 5.39. The topological polar surface area (TPSA) is 47.0 Å². The predicted molar refractivity (Wildman–Crippen MR) is 76.8 cm³/mol. The first-order chi connectivity index (χ1) is 8.62. The van der Waals surface area contributed by atoms with E-state index in [1.807, 2.05) is 30.3 Å². The highest BCUT2D eigenvalue weighted by Crippen LogP contribution is 2.26. The van der Waals surface area contributed by atoms with Crippen molar-refractivity contribution in [3.8, 4) is 0 Å². The van der Waals surface area contributed by atoms with E-state index < -0.39 is 9.84 Å². The summed E-state index contributed by atoms with van der Waals surface area (Å²) < 4.78 is 22.8. The molecule has 3 nitrogen and oxygen atoms in total. The Morgan fingerprint density at radius 2 is 2.00 bits per heavy atom. The first-order valence-corrected chi connectivity index (χ1v) is 8.60. The molecule has 0 N–H and O–H groups in total. The summed E-state index contributed by atoms with van der Waals surface area (Å²) in [7, 11) is -2.88. The maximum Gasteiger partial charge on any atom is 0.150 e. The highest BCUT2D eigenvalue weighted by Gasteiger charge is 2.08. The van der Waals surface area contributed by atoms with Crippen molar-refractivity contribution in [2.24, 2.45) is 0 Å². The molecule has 0 fully saturated rings. The Morgan fingerprint density at radius 3 is 2.78 bits per heavy atom. The Morgan fingerprint density at radius 1 is 1.22 bits per heavy atom. The Hall–Kier alpha value is -1.07. The second-order valence-electron chi connectivity index (χ2n) is 3.92. The highest BCUT2D eigenvalue weighted by atomic mass is 32.2. The van der Waals surface area contributed by atoms with Crippen molar-refractivity contribution in [3.63, 3.8) is 0 Å². The van der Waals surface area contributed by atoms with E-state index in [2.05, 4.69) is 4.98 Å². The van der Waals surface area contributed by atoms with E-state index in [0.29, 0.717) is 5.75 Å². The summed E-state index contributed by atoms with van der Waals surface area (Å²) in [6.07, 6.45) is 1.76. The number of sulfone groups is 1. The lowest BCUT2D eigenvalue weighted by molar-refractivity contribution is 0.599. The lowest BCUT2D eigenvalue weighted by Gasteiger charge is -2.05. The third-order valence-electron chi connectivity index (χ3n) is 2.69. The minimum absolute atomic E-state index is 0.210. The van der Waals surface area contributed by atoms with Crippen LogP contribution in [0.2, 0.25) is 0 Å². The second-order valence-corrected chi connectivity index (χ2v) is 7.53. The average Bonchev–Trinajstić information content (AvgIpc) is 2.39. The molecule has 0 bridgehead atoms. The van der Waals surface area contributed by atoms with E-state index in [-0.39, 0.29) is 11.5 Å². The van der Waals surface area contributed by atoms with Crippen LogP contribution in [0.5, 0.6) is 0 Å². The number of hydrogen-bond donors (Lipinski definition) is 0. The zero-order valence-corrected chi connectivity index (χ0v) is 11.8. The molecular weight excluding hydrogens is 266 g/mol. The number of thioether (sulfide) groups is 1. The largest absolute Gasteiger partial charge is 0.255 e. The van der Waals surface area contributed by atoms with Gasteiger partial charge >= 0.3 is 0 Å². The van der Waals surface area contributed by atoms with E-state index >= 15 is 0 Å². The van der Waals surface area contributed by atoms with Crippen LogP contribution in [-0.2, 0) is 9.84 Å². The molecule has 2 rings (SSSR count). The third-order valence-corrected chi connectivity index (χ3v) is 5.70. The van der Waals surface area contributed by atoms with Crippen LogP contribution >= 0.6 is 11.8 Å². The molecule has 18 heavy (non-hydrogen) atoms. The Kier molecular flexibility index (Phi) is 4.24. The number of rotatable bonds is 5. The van der Waals surface area contributed by atoms with Gasteiger partial charge in [-0.2, -0.15) is 0 Å². The number of hydrogen-bond acceptors (Lipinski definition) is 4. The lowest BCUT2D eigenvalue weighted by Crippen LogP contribution is -2.10. The second kappa shape index (κ2) is 5.71. The summed E-state index contributed by atoms with van der Waals surface area (Å²) in [6, 6.07) is 9.88. The van der Waals surface area contributed by atoms with Crippen LogP contribution in [0.1, 0.15) is 6.92 Å². The number of aromatic nitrogens is 1. The number of nitrogens with zero attached hydrogens (tertiary/aromatic N) is 1. The molecule has 1 aromatic heterocycles. The summed E-state index contributed by atoms with van der Waals surface area (Å²) in [5.41, 5.74) is 0.943. The summed E-state index contributed by atoms with van der Waals surface area (Å²) in [5.74, 6) is 1.00. The van der Waals surface area contributed by atoms with Gasteiger partial charge in [0.05, 0.1) is 11.3 Å². The van der Waals surface area contributed by atoms with Crippen molar-refractivity contribution in [3.05, 3.63) is 36.5 Å². The van der Waals surface area contributed by atoms with Gasteiger partial charge in [-0.3, -0.25) is 4.98 Å². The molecule has 0 amide bonds. The Bertz CT molecular complexity index is 633. The number of benzene rings is 1. The van der Waals surface area contributed by atoms with Crippen LogP contribution in [0.15, 0.2) is 41.4 Å². The van der Waals surface area contributed by atoms with Gasteiger partial charge in [-0.1, -0.05) is 25.1 Å². The fourth-order valence-corrected chi connectivity index (χ4v) is 3.96. The van der Waals surface area contributed by atoms with Crippen molar-refractivity contribution in [1.82, 2.24) is 4.98 Å². The van der Waals surface area contributed by atoms with E-state index in [1.165, 1.54) is 0 Å².